The van der Waals surface area contributed by atoms with Crippen molar-refractivity contribution in [1.82, 2.24) is 9.78 Å². The fraction of sp³-hybridized carbons (Fsp3) is 0.550. The summed E-state index contributed by atoms with van der Waals surface area (Å²) in [7, 11) is -2.81. The Morgan fingerprint density at radius 1 is 1.30 bits per heavy atom. The maximum Gasteiger partial charge on any atom is 0.416 e. The first kappa shape index (κ1) is 25.4. The molecule has 1 aliphatic heterocycles. The van der Waals surface area contributed by atoms with Crippen LogP contribution in [0.1, 0.15) is 37.1 Å². The van der Waals surface area contributed by atoms with Gasteiger partial charge in [0.15, 0.2) is 16.4 Å². The molecule has 7 nitrogen and oxygen atoms in total. The molecule has 2 aromatic rings. The van der Waals surface area contributed by atoms with Crippen molar-refractivity contribution in [3.05, 3.63) is 41.6 Å². The Morgan fingerprint density at radius 2 is 2.03 bits per heavy atom. The molecule has 0 saturated carbocycles. The highest BCUT2D eigenvalue weighted by atomic mass is 32.2. The largest absolute Gasteiger partial charge is 0.471 e. The molecule has 184 valence electrons. The van der Waals surface area contributed by atoms with Gasteiger partial charge in [0.2, 0.25) is 5.88 Å². The molecule has 1 fully saturated rings. The highest BCUT2D eigenvalue weighted by molar-refractivity contribution is 7.92. The maximum atomic E-state index is 13.4. The zero-order valence-corrected chi connectivity index (χ0v) is 18.6. The van der Waals surface area contributed by atoms with Crippen molar-refractivity contribution in [3.8, 4) is 5.88 Å². The summed E-state index contributed by atoms with van der Waals surface area (Å²) in [6.07, 6.45) is -8.29. The summed E-state index contributed by atoms with van der Waals surface area (Å²) in [6.45, 7) is 0.495. The molecule has 1 aromatic heterocycles. The van der Waals surface area contributed by atoms with E-state index >= 15 is 0 Å². The van der Waals surface area contributed by atoms with Crippen molar-refractivity contribution < 1.29 is 44.6 Å². The van der Waals surface area contributed by atoms with Gasteiger partial charge in [-0.2, -0.15) is 13.2 Å². The van der Waals surface area contributed by atoms with Gasteiger partial charge in [0.05, 0.1) is 20.9 Å². The summed E-state index contributed by atoms with van der Waals surface area (Å²) in [6, 6.07) is 4.96. The van der Waals surface area contributed by atoms with Crippen LogP contribution in [-0.4, -0.2) is 49.7 Å². The van der Waals surface area contributed by atoms with E-state index in [0.29, 0.717) is 11.8 Å². The van der Waals surface area contributed by atoms with Crippen LogP contribution in [-0.2, 0) is 32.2 Å². The van der Waals surface area contributed by atoms with Crippen LogP contribution in [0.15, 0.2) is 35.2 Å². The van der Waals surface area contributed by atoms with Gasteiger partial charge < -0.3 is 14.2 Å². The van der Waals surface area contributed by atoms with Crippen LogP contribution < -0.4 is 4.74 Å². The standard InChI is InChI=1S/C20H23F5N2O5S/c1-19(33(28,29)14-5-3-4-13(8-14)20(23,24)25)6-7-31-16(10-19)15-9-18(32-11-17(21)22)26-27(15)12-30-2/h3-5,8-9,16-17H,6-7,10-12H2,1-2H3. The number of aromatic nitrogens is 2. The second-order valence-electron chi connectivity index (χ2n) is 7.82. The van der Waals surface area contributed by atoms with E-state index in [1.807, 2.05) is 0 Å². The molecule has 0 aliphatic carbocycles. The van der Waals surface area contributed by atoms with Gasteiger partial charge in [-0.25, -0.2) is 21.9 Å². The maximum absolute atomic E-state index is 13.4. The lowest BCUT2D eigenvalue weighted by molar-refractivity contribution is -0.137. The molecule has 2 unspecified atom stereocenters. The molecule has 1 aliphatic rings. The molecule has 1 aromatic carbocycles. The highest BCUT2D eigenvalue weighted by Gasteiger charge is 2.46. The number of methoxy groups -OCH3 is 1. The van der Waals surface area contributed by atoms with E-state index in [9.17, 15) is 30.4 Å². The Balaban J connectivity index is 1.92. The number of rotatable bonds is 8. The SMILES string of the molecule is COCn1nc(OCC(F)F)cc1C1CC(C)(S(=O)(=O)c2cccc(C(F)(F)F)c2)CCO1. The molecular formula is C20H23F5N2O5S. The highest BCUT2D eigenvalue weighted by Crippen LogP contribution is 2.43. The third kappa shape index (κ3) is 5.46. The van der Waals surface area contributed by atoms with Crippen molar-refractivity contribution in [3.63, 3.8) is 0 Å². The van der Waals surface area contributed by atoms with Gasteiger partial charge in [0.25, 0.3) is 6.43 Å². The predicted octanol–water partition coefficient (Wildman–Crippen LogP) is 4.23. The van der Waals surface area contributed by atoms with Crippen LogP contribution in [0.2, 0.25) is 0 Å². The Kier molecular flexibility index (Phi) is 7.34. The monoisotopic (exact) mass is 498 g/mol. The molecule has 0 bridgehead atoms. The minimum atomic E-state index is -4.69. The minimum absolute atomic E-state index is 0.00471. The number of benzene rings is 1. The second kappa shape index (κ2) is 9.55. The van der Waals surface area contributed by atoms with Crippen molar-refractivity contribution in [2.45, 2.75) is 54.8 Å². The number of nitrogens with zero attached hydrogens (tertiary/aromatic N) is 2. The van der Waals surface area contributed by atoms with Crippen LogP contribution in [0, 0.1) is 0 Å². The van der Waals surface area contributed by atoms with Gasteiger partial charge in [0, 0.05) is 19.8 Å². The average Bonchev–Trinajstić information content (AvgIpc) is 3.15. The van der Waals surface area contributed by atoms with Crippen LogP contribution in [0.5, 0.6) is 5.88 Å². The van der Waals surface area contributed by atoms with Crippen molar-refractivity contribution in [2.24, 2.45) is 0 Å². The zero-order valence-electron chi connectivity index (χ0n) is 17.8. The lowest BCUT2D eigenvalue weighted by atomic mass is 9.95. The topological polar surface area (TPSA) is 79.7 Å². The fourth-order valence-electron chi connectivity index (χ4n) is 3.64. The van der Waals surface area contributed by atoms with E-state index in [0.717, 1.165) is 18.2 Å². The smallest absolute Gasteiger partial charge is 0.416 e. The van der Waals surface area contributed by atoms with Crippen molar-refractivity contribution >= 4 is 9.84 Å². The predicted molar refractivity (Wildman–Crippen MR) is 106 cm³/mol. The molecule has 2 atom stereocenters. The molecule has 0 amide bonds. The summed E-state index contributed by atoms with van der Waals surface area (Å²) < 4.78 is 107. The van der Waals surface area contributed by atoms with Crippen LogP contribution in [0.4, 0.5) is 22.0 Å². The average molecular weight is 498 g/mol. The molecule has 13 heteroatoms. The number of sulfone groups is 1. The van der Waals surface area contributed by atoms with E-state index < -0.39 is 50.4 Å². The van der Waals surface area contributed by atoms with Crippen molar-refractivity contribution in [1.29, 1.82) is 0 Å². The van der Waals surface area contributed by atoms with Gasteiger partial charge in [-0.05, 0) is 38.0 Å². The molecule has 33 heavy (non-hydrogen) atoms. The summed E-state index contributed by atoms with van der Waals surface area (Å²) in [5.74, 6) is -0.112. The number of halogens is 5. The van der Waals surface area contributed by atoms with Gasteiger partial charge in [0.1, 0.15) is 12.8 Å². The molecule has 0 spiro atoms. The number of hydrogen-bond donors (Lipinski definition) is 0. The van der Waals surface area contributed by atoms with Crippen molar-refractivity contribution in [2.75, 3.05) is 20.3 Å². The Morgan fingerprint density at radius 3 is 2.67 bits per heavy atom. The zero-order chi connectivity index (χ0) is 24.4. The second-order valence-corrected chi connectivity index (χ2v) is 10.3. The molecule has 1 saturated heterocycles. The Labute approximate surface area is 187 Å². The molecule has 3 rings (SSSR count). The van der Waals surface area contributed by atoms with Gasteiger partial charge in [-0.1, -0.05) is 6.07 Å². The first-order valence-corrected chi connectivity index (χ1v) is 11.4. The summed E-state index contributed by atoms with van der Waals surface area (Å²) in [5.41, 5.74) is -0.721. The lowest BCUT2D eigenvalue weighted by Crippen LogP contribution is -2.42. The molecular weight excluding hydrogens is 475 g/mol. The first-order valence-electron chi connectivity index (χ1n) is 9.88. The van der Waals surface area contributed by atoms with E-state index in [1.165, 1.54) is 24.8 Å². The van der Waals surface area contributed by atoms with Gasteiger partial charge in [-0.15, -0.1) is 5.10 Å². The molecule has 0 radical (unpaired) electrons. The summed E-state index contributed by atoms with van der Waals surface area (Å²) >= 11 is 0. The van der Waals surface area contributed by atoms with Gasteiger partial charge in [-0.3, -0.25) is 0 Å². The third-order valence-corrected chi connectivity index (χ3v) is 7.96. The fourth-order valence-corrected chi connectivity index (χ4v) is 5.47. The summed E-state index contributed by atoms with van der Waals surface area (Å²) in [5, 5.41) is 4.04. The van der Waals surface area contributed by atoms with E-state index in [2.05, 4.69) is 5.10 Å². The minimum Gasteiger partial charge on any atom is -0.471 e. The van der Waals surface area contributed by atoms with E-state index in [-0.39, 0.29) is 32.1 Å². The number of ether oxygens (including phenoxy) is 3. The lowest BCUT2D eigenvalue weighted by Gasteiger charge is -2.37. The van der Waals surface area contributed by atoms with Crippen LogP contribution in [0.25, 0.3) is 0 Å². The van der Waals surface area contributed by atoms with E-state index in [1.54, 1.807) is 0 Å². The number of alkyl halides is 5. The Hall–Kier alpha value is -2.25. The number of hydrogen-bond acceptors (Lipinski definition) is 6. The van der Waals surface area contributed by atoms with Crippen LogP contribution >= 0.6 is 0 Å². The van der Waals surface area contributed by atoms with E-state index in [4.69, 9.17) is 14.2 Å². The molecule has 0 N–H and O–H groups in total. The Bertz CT molecular complexity index is 1070. The normalized spacial score (nSPS) is 22.0. The first-order chi connectivity index (χ1) is 15.4. The summed E-state index contributed by atoms with van der Waals surface area (Å²) in [4.78, 5) is -0.438. The molecule has 2 heterocycles. The van der Waals surface area contributed by atoms with Crippen LogP contribution in [0.3, 0.4) is 0 Å². The third-order valence-electron chi connectivity index (χ3n) is 5.41. The quantitative estimate of drug-likeness (QED) is 0.507. The van der Waals surface area contributed by atoms with Gasteiger partial charge >= 0.3 is 6.18 Å².